The van der Waals surface area contributed by atoms with E-state index in [1.165, 1.54) is 19.3 Å². The molecular formula is C18H26N4O2. The predicted molar refractivity (Wildman–Crippen MR) is 92.9 cm³/mol. The van der Waals surface area contributed by atoms with Gasteiger partial charge in [-0.3, -0.25) is 4.79 Å². The van der Waals surface area contributed by atoms with Crippen LogP contribution in [0.15, 0.2) is 18.2 Å². The number of carbonyl (C=O) groups excluding carboxylic acids is 1. The molecule has 1 fully saturated rings. The van der Waals surface area contributed by atoms with E-state index in [4.69, 9.17) is 4.74 Å². The second-order valence-corrected chi connectivity index (χ2v) is 6.69. The molecule has 1 aliphatic carbocycles. The van der Waals surface area contributed by atoms with E-state index in [1.807, 2.05) is 19.2 Å². The van der Waals surface area contributed by atoms with Gasteiger partial charge in [0.2, 0.25) is 0 Å². The smallest absolute Gasteiger partial charge is 0.251 e. The number of benzene rings is 1. The minimum Gasteiger partial charge on any atom is -0.373 e. The Balaban J connectivity index is 1.68. The Morgan fingerprint density at radius 3 is 2.88 bits per heavy atom. The van der Waals surface area contributed by atoms with Crippen LogP contribution in [0.2, 0.25) is 0 Å². The van der Waals surface area contributed by atoms with Gasteiger partial charge in [-0.2, -0.15) is 0 Å². The Bertz CT molecular complexity index is 704. The van der Waals surface area contributed by atoms with Crippen molar-refractivity contribution in [1.82, 2.24) is 20.3 Å². The van der Waals surface area contributed by atoms with Gasteiger partial charge in [0.1, 0.15) is 5.52 Å². The Kier molecular flexibility index (Phi) is 5.14. The summed E-state index contributed by atoms with van der Waals surface area (Å²) < 4.78 is 7.82. The molecule has 3 rings (SSSR count). The summed E-state index contributed by atoms with van der Waals surface area (Å²) in [5.74, 6) is -0.0665. The number of fused-ring (bicyclic) bond motifs is 1. The summed E-state index contributed by atoms with van der Waals surface area (Å²) in [4.78, 5) is 12.6. The number of amides is 1. The monoisotopic (exact) mass is 330 g/mol. The predicted octanol–water partition coefficient (Wildman–Crippen LogP) is 2.83. The molecule has 2 aromatic rings. The molecule has 1 saturated carbocycles. The third-order valence-corrected chi connectivity index (χ3v) is 4.82. The molecule has 0 radical (unpaired) electrons. The van der Waals surface area contributed by atoms with Gasteiger partial charge in [-0.1, -0.05) is 31.4 Å². The summed E-state index contributed by atoms with van der Waals surface area (Å²) in [6, 6.07) is 5.47. The maximum atomic E-state index is 12.6. The van der Waals surface area contributed by atoms with E-state index >= 15 is 0 Å². The zero-order chi connectivity index (χ0) is 17.0. The second kappa shape index (κ2) is 7.30. The number of rotatable bonds is 6. The van der Waals surface area contributed by atoms with Crippen LogP contribution in [0.5, 0.6) is 0 Å². The van der Waals surface area contributed by atoms with Crippen LogP contribution < -0.4 is 5.32 Å². The number of carbonyl (C=O) groups is 1. The molecule has 0 spiro atoms. The highest BCUT2D eigenvalue weighted by Gasteiger charge is 2.33. The molecule has 1 aromatic heterocycles. The fourth-order valence-corrected chi connectivity index (χ4v) is 3.40. The zero-order valence-corrected chi connectivity index (χ0v) is 14.5. The summed E-state index contributed by atoms with van der Waals surface area (Å²) in [5.41, 5.74) is 2.10. The SMILES string of the molecule is CCCOC1(CNC(=O)c2ccc3nnn(C)c3c2)CCCCC1. The largest absolute Gasteiger partial charge is 0.373 e. The minimum atomic E-state index is -0.192. The lowest BCUT2D eigenvalue weighted by Crippen LogP contribution is -2.46. The van der Waals surface area contributed by atoms with Crippen molar-refractivity contribution in [2.75, 3.05) is 13.2 Å². The number of aromatic nitrogens is 3. The second-order valence-electron chi connectivity index (χ2n) is 6.69. The highest BCUT2D eigenvalue weighted by Crippen LogP contribution is 2.31. The van der Waals surface area contributed by atoms with Gasteiger partial charge in [0.25, 0.3) is 5.91 Å². The van der Waals surface area contributed by atoms with Gasteiger partial charge < -0.3 is 10.1 Å². The summed E-state index contributed by atoms with van der Waals surface area (Å²) in [6.07, 6.45) is 6.66. The maximum Gasteiger partial charge on any atom is 0.251 e. The van der Waals surface area contributed by atoms with Crippen molar-refractivity contribution >= 4 is 16.9 Å². The quantitative estimate of drug-likeness (QED) is 0.884. The first-order chi connectivity index (χ1) is 11.6. The zero-order valence-electron chi connectivity index (χ0n) is 14.5. The van der Waals surface area contributed by atoms with E-state index in [0.29, 0.717) is 12.1 Å². The van der Waals surface area contributed by atoms with Crippen molar-refractivity contribution in [2.45, 2.75) is 51.0 Å². The lowest BCUT2D eigenvalue weighted by molar-refractivity contribution is -0.0669. The molecule has 0 saturated heterocycles. The molecule has 0 unspecified atom stereocenters. The molecule has 1 heterocycles. The molecule has 1 amide bonds. The summed E-state index contributed by atoms with van der Waals surface area (Å²) in [6.45, 7) is 3.45. The molecule has 1 aliphatic rings. The highest BCUT2D eigenvalue weighted by atomic mass is 16.5. The topological polar surface area (TPSA) is 69.0 Å². The third-order valence-electron chi connectivity index (χ3n) is 4.82. The van der Waals surface area contributed by atoms with E-state index in [0.717, 1.165) is 36.9 Å². The van der Waals surface area contributed by atoms with E-state index in [9.17, 15) is 4.79 Å². The number of nitrogens with zero attached hydrogens (tertiary/aromatic N) is 3. The van der Waals surface area contributed by atoms with Crippen molar-refractivity contribution in [1.29, 1.82) is 0 Å². The summed E-state index contributed by atoms with van der Waals surface area (Å²) >= 11 is 0. The molecule has 1 N–H and O–H groups in total. The van der Waals surface area contributed by atoms with Crippen molar-refractivity contribution < 1.29 is 9.53 Å². The van der Waals surface area contributed by atoms with Crippen LogP contribution in [0.25, 0.3) is 11.0 Å². The lowest BCUT2D eigenvalue weighted by atomic mass is 9.84. The van der Waals surface area contributed by atoms with Crippen LogP contribution in [0.3, 0.4) is 0 Å². The van der Waals surface area contributed by atoms with Gasteiger partial charge in [-0.25, -0.2) is 4.68 Å². The molecule has 24 heavy (non-hydrogen) atoms. The van der Waals surface area contributed by atoms with Gasteiger partial charge in [-0.05, 0) is 37.5 Å². The first-order valence-corrected chi connectivity index (χ1v) is 8.85. The minimum absolute atomic E-state index is 0.0665. The fourth-order valence-electron chi connectivity index (χ4n) is 3.40. The summed E-state index contributed by atoms with van der Waals surface area (Å²) in [7, 11) is 1.83. The number of hydrogen-bond donors (Lipinski definition) is 1. The van der Waals surface area contributed by atoms with Crippen molar-refractivity contribution in [3.05, 3.63) is 23.8 Å². The van der Waals surface area contributed by atoms with Gasteiger partial charge in [-0.15, -0.1) is 5.10 Å². The van der Waals surface area contributed by atoms with Crippen LogP contribution in [0.1, 0.15) is 55.8 Å². The molecule has 6 nitrogen and oxygen atoms in total. The van der Waals surface area contributed by atoms with Crippen LogP contribution in [0, 0.1) is 0 Å². The number of ether oxygens (including phenoxy) is 1. The Hall–Kier alpha value is -1.95. The average Bonchev–Trinajstić information content (AvgIpc) is 2.99. The first kappa shape index (κ1) is 16.9. The Morgan fingerprint density at radius 2 is 2.12 bits per heavy atom. The van der Waals surface area contributed by atoms with Crippen LogP contribution in [-0.2, 0) is 11.8 Å². The molecule has 0 aliphatic heterocycles. The normalized spacial score (nSPS) is 17.1. The number of aryl methyl sites for hydroxylation is 1. The van der Waals surface area contributed by atoms with E-state index < -0.39 is 0 Å². The van der Waals surface area contributed by atoms with Crippen molar-refractivity contribution in [2.24, 2.45) is 7.05 Å². The van der Waals surface area contributed by atoms with Crippen molar-refractivity contribution in [3.63, 3.8) is 0 Å². The van der Waals surface area contributed by atoms with Gasteiger partial charge >= 0.3 is 0 Å². The fraction of sp³-hybridized carbons (Fsp3) is 0.611. The highest BCUT2D eigenvalue weighted by molar-refractivity contribution is 5.97. The van der Waals surface area contributed by atoms with Crippen molar-refractivity contribution in [3.8, 4) is 0 Å². The molecular weight excluding hydrogens is 304 g/mol. The molecule has 0 atom stereocenters. The first-order valence-electron chi connectivity index (χ1n) is 8.85. The van der Waals surface area contributed by atoms with Crippen LogP contribution in [0.4, 0.5) is 0 Å². The van der Waals surface area contributed by atoms with E-state index in [2.05, 4.69) is 22.6 Å². The lowest BCUT2D eigenvalue weighted by Gasteiger charge is -2.37. The molecule has 6 heteroatoms. The Morgan fingerprint density at radius 1 is 1.33 bits per heavy atom. The molecule has 130 valence electrons. The van der Waals surface area contributed by atoms with E-state index in [-0.39, 0.29) is 11.5 Å². The van der Waals surface area contributed by atoms with Crippen LogP contribution >= 0.6 is 0 Å². The summed E-state index contributed by atoms with van der Waals surface area (Å²) in [5, 5.41) is 11.1. The molecule has 1 aromatic carbocycles. The molecule has 0 bridgehead atoms. The van der Waals surface area contributed by atoms with Crippen LogP contribution in [-0.4, -0.2) is 39.7 Å². The third kappa shape index (κ3) is 3.59. The Labute approximate surface area is 142 Å². The average molecular weight is 330 g/mol. The number of hydrogen-bond acceptors (Lipinski definition) is 4. The van der Waals surface area contributed by atoms with E-state index in [1.54, 1.807) is 10.7 Å². The van der Waals surface area contributed by atoms with Gasteiger partial charge in [0, 0.05) is 25.8 Å². The standard InChI is InChI=1S/C18H26N4O2/c1-3-11-24-18(9-5-4-6-10-18)13-19-17(23)14-7-8-15-16(12-14)22(2)21-20-15/h7-8,12H,3-6,9-11,13H2,1-2H3,(H,19,23). The van der Waals surface area contributed by atoms with Gasteiger partial charge in [0.15, 0.2) is 0 Å². The van der Waals surface area contributed by atoms with Gasteiger partial charge in [0.05, 0.1) is 11.1 Å². The number of nitrogens with one attached hydrogen (secondary N) is 1. The maximum absolute atomic E-state index is 12.6.